The van der Waals surface area contributed by atoms with Crippen LogP contribution in [0.15, 0.2) is 161 Å². The first kappa shape index (κ1) is 41.5. The Morgan fingerprint density at radius 1 is 0.667 bits per heavy atom. The lowest BCUT2D eigenvalue weighted by molar-refractivity contribution is 0.340. The molecule has 0 aromatic heterocycles. The van der Waals surface area contributed by atoms with E-state index in [1.807, 2.05) is 50.2 Å². The van der Waals surface area contributed by atoms with Crippen LogP contribution in [0.5, 0.6) is 5.75 Å². The average Bonchev–Trinajstić information content (AvgIpc) is 3.21. The largest absolute Gasteiger partial charge is 0.494 e. The number of nitrogens with zero attached hydrogens (tertiary/aromatic N) is 1. The van der Waals surface area contributed by atoms with Crippen molar-refractivity contribution in [3.63, 3.8) is 0 Å². The number of allylic oxidation sites excluding steroid dienone is 5. The summed E-state index contributed by atoms with van der Waals surface area (Å²) in [6, 6.07) is 37.4. The van der Waals surface area contributed by atoms with Gasteiger partial charge >= 0.3 is 0 Å². The molecular weight excluding hydrogens is 776 g/mol. The van der Waals surface area contributed by atoms with Gasteiger partial charge in [-0.1, -0.05) is 79.8 Å². The molecule has 0 radical (unpaired) electrons. The molecular formula is C45H47N2O7PS2. The zero-order valence-electron chi connectivity index (χ0n) is 32.1. The van der Waals surface area contributed by atoms with Crippen molar-refractivity contribution in [1.29, 1.82) is 0 Å². The first-order valence-electron chi connectivity index (χ1n) is 18.8. The Morgan fingerprint density at radius 2 is 1.19 bits per heavy atom. The maximum atomic E-state index is 11.8. The highest BCUT2D eigenvalue weighted by Crippen LogP contribution is 2.36. The zero-order valence-corrected chi connectivity index (χ0v) is 34.7. The molecule has 6 rings (SSSR count). The Labute approximate surface area is 336 Å². The second-order valence-corrected chi connectivity index (χ2v) is 19.2. The molecule has 1 atom stereocenters. The summed E-state index contributed by atoms with van der Waals surface area (Å²) in [6.07, 6.45) is 10.3. The van der Waals surface area contributed by atoms with Gasteiger partial charge in [-0.05, 0) is 138 Å². The molecule has 3 N–H and O–H groups in total. The molecule has 0 saturated heterocycles. The molecule has 0 amide bonds. The van der Waals surface area contributed by atoms with Crippen molar-refractivity contribution in [3.8, 4) is 5.75 Å². The Hall–Kier alpha value is -5.16. The third kappa shape index (κ3) is 10.8. The molecule has 0 heterocycles. The summed E-state index contributed by atoms with van der Waals surface area (Å²) in [7, 11) is -9.69. The van der Waals surface area contributed by atoms with Crippen molar-refractivity contribution in [2.75, 3.05) is 29.5 Å². The number of benzene rings is 5. The predicted molar refractivity (Wildman–Crippen MR) is 235 cm³/mol. The fraction of sp³-hybridized carbons (Fsp3) is 0.178. The molecule has 1 aliphatic rings. The average molecular weight is 823 g/mol. The normalized spacial score (nSPS) is 13.4. The van der Waals surface area contributed by atoms with E-state index in [0.29, 0.717) is 19.7 Å². The molecule has 0 bridgehead atoms. The van der Waals surface area contributed by atoms with Crippen LogP contribution in [0.4, 0.5) is 17.1 Å². The summed E-state index contributed by atoms with van der Waals surface area (Å²) in [4.78, 5) is 1.92. The van der Waals surface area contributed by atoms with Crippen LogP contribution >= 0.6 is 7.55 Å². The third-order valence-electron chi connectivity index (χ3n) is 9.72. The number of rotatable bonds is 15. The molecule has 0 saturated carbocycles. The fourth-order valence-corrected chi connectivity index (χ4v) is 10.1. The summed E-state index contributed by atoms with van der Waals surface area (Å²) < 4.78 is 71.9. The van der Waals surface area contributed by atoms with Crippen molar-refractivity contribution >= 4 is 55.7 Å². The maximum absolute atomic E-state index is 11.8. The lowest BCUT2D eigenvalue weighted by Crippen LogP contribution is -2.22. The molecule has 1 unspecified atom stereocenters. The summed E-state index contributed by atoms with van der Waals surface area (Å²) in [5, 5.41) is 4.70. The quantitative estimate of drug-likeness (QED) is 0.0697. The molecule has 9 nitrogen and oxygen atoms in total. The molecule has 5 aromatic rings. The van der Waals surface area contributed by atoms with Crippen LogP contribution in [0, 0.1) is 0 Å². The van der Waals surface area contributed by atoms with E-state index in [9.17, 15) is 25.9 Å². The molecule has 0 fully saturated rings. The van der Waals surface area contributed by atoms with Crippen LogP contribution in [0.25, 0.3) is 5.57 Å². The summed E-state index contributed by atoms with van der Waals surface area (Å²) >= 11 is 0. The van der Waals surface area contributed by atoms with E-state index in [4.69, 9.17) is 4.74 Å². The van der Waals surface area contributed by atoms with Crippen LogP contribution in [0.1, 0.15) is 43.0 Å². The van der Waals surface area contributed by atoms with Crippen molar-refractivity contribution < 1.29 is 30.7 Å². The van der Waals surface area contributed by atoms with Gasteiger partial charge in [0.2, 0.25) is 0 Å². The van der Waals surface area contributed by atoms with Gasteiger partial charge in [-0.2, -0.15) is 16.8 Å². The van der Waals surface area contributed by atoms with E-state index in [1.54, 1.807) is 18.2 Å². The first-order valence-corrected chi connectivity index (χ1v) is 23.5. The van der Waals surface area contributed by atoms with Gasteiger partial charge in [-0.25, -0.2) is 0 Å². The van der Waals surface area contributed by atoms with Crippen LogP contribution in [-0.4, -0.2) is 50.5 Å². The van der Waals surface area contributed by atoms with Crippen molar-refractivity contribution in [2.24, 2.45) is 0 Å². The van der Waals surface area contributed by atoms with Gasteiger partial charge in [-0.15, -0.1) is 7.55 Å². The third-order valence-corrected chi connectivity index (χ3v) is 14.3. The van der Waals surface area contributed by atoms with Crippen LogP contribution in [0.2, 0.25) is 0 Å². The SMILES string of the molecule is CCOc1ccc(Nc2ccc(C(=C3C=CC(=[PH](CC)Cc4cccc(S(=O)(=O)O)c4)C=C3)c3ccc(N(CC)Cc4cccc(S(=O)(=O)O)c4)cc3)cc2)cc1. The summed E-state index contributed by atoms with van der Waals surface area (Å²) in [5.41, 5.74) is 8.65. The van der Waals surface area contributed by atoms with Crippen LogP contribution in [-0.2, 0) is 32.9 Å². The van der Waals surface area contributed by atoms with E-state index >= 15 is 0 Å². The van der Waals surface area contributed by atoms with Crippen molar-refractivity contribution in [2.45, 2.75) is 43.3 Å². The lowest BCUT2D eigenvalue weighted by atomic mass is 9.90. The van der Waals surface area contributed by atoms with Gasteiger partial charge < -0.3 is 15.0 Å². The van der Waals surface area contributed by atoms with E-state index in [1.165, 1.54) is 23.5 Å². The molecule has 296 valence electrons. The van der Waals surface area contributed by atoms with E-state index in [2.05, 4.69) is 90.0 Å². The Balaban J connectivity index is 1.32. The number of anilines is 3. The van der Waals surface area contributed by atoms with Crippen LogP contribution < -0.4 is 15.0 Å². The first-order chi connectivity index (χ1) is 27.3. The predicted octanol–water partition coefficient (Wildman–Crippen LogP) is 9.88. The standard InChI is InChI=1S/C45H47N2O7PS2/c1-4-47(31-33-9-7-11-43(29-33)56(48,49)50)40-23-15-36(16-24-40)45(35-13-19-38(20-14-35)46-39-21-25-41(26-22-39)54-5-2)37-17-27-42(28-18-37)55(6-3)32-34-10-8-12-44(30-34)57(51,52)53/h7-30,46,55H,4-6,31-32H2,1-3H3,(H,48,49,50)(H,51,52,53). The highest BCUT2D eigenvalue weighted by atomic mass is 32.2. The van der Waals surface area contributed by atoms with E-state index in [0.717, 1.165) is 68.5 Å². The molecule has 5 aromatic carbocycles. The summed E-state index contributed by atoms with van der Waals surface area (Å²) in [5.74, 6) is 0.821. The second kappa shape index (κ2) is 18.4. The van der Waals surface area contributed by atoms with E-state index < -0.39 is 27.8 Å². The second-order valence-electron chi connectivity index (χ2n) is 13.6. The van der Waals surface area contributed by atoms with Gasteiger partial charge in [-0.3, -0.25) is 9.11 Å². The fourth-order valence-electron chi connectivity index (χ4n) is 6.80. The van der Waals surface area contributed by atoms with Gasteiger partial charge in [0.15, 0.2) is 0 Å². The molecule has 1 aliphatic carbocycles. The lowest BCUT2D eigenvalue weighted by Gasteiger charge is -2.24. The Bertz CT molecular complexity index is 2550. The van der Waals surface area contributed by atoms with Crippen LogP contribution in [0.3, 0.4) is 0 Å². The maximum Gasteiger partial charge on any atom is 0.294 e. The Kier molecular flexibility index (Phi) is 13.4. The smallest absolute Gasteiger partial charge is 0.294 e. The minimum Gasteiger partial charge on any atom is -0.494 e. The monoisotopic (exact) mass is 822 g/mol. The van der Waals surface area contributed by atoms with Gasteiger partial charge in [0.05, 0.1) is 16.4 Å². The highest BCUT2D eigenvalue weighted by Gasteiger charge is 2.16. The summed E-state index contributed by atoms with van der Waals surface area (Å²) in [6.45, 7) is 7.90. The number of ether oxygens (including phenoxy) is 1. The molecule has 0 spiro atoms. The van der Waals surface area contributed by atoms with Gasteiger partial charge in [0.1, 0.15) is 5.75 Å². The zero-order chi connectivity index (χ0) is 40.6. The van der Waals surface area contributed by atoms with Gasteiger partial charge in [0.25, 0.3) is 20.2 Å². The highest BCUT2D eigenvalue weighted by molar-refractivity contribution is 7.86. The topological polar surface area (TPSA) is 133 Å². The Morgan fingerprint density at radius 3 is 1.72 bits per heavy atom. The molecule has 12 heteroatoms. The minimum atomic E-state index is -4.31. The number of nitrogens with one attached hydrogen (secondary N) is 1. The van der Waals surface area contributed by atoms with Gasteiger partial charge in [0, 0.05) is 30.2 Å². The molecule has 0 aliphatic heterocycles. The van der Waals surface area contributed by atoms with Crippen molar-refractivity contribution in [3.05, 3.63) is 173 Å². The van der Waals surface area contributed by atoms with Crippen molar-refractivity contribution in [1.82, 2.24) is 0 Å². The molecule has 57 heavy (non-hydrogen) atoms. The number of hydrogen-bond acceptors (Lipinski definition) is 7. The minimum absolute atomic E-state index is 0.0906. The number of hydrogen-bond donors (Lipinski definition) is 3. The van der Waals surface area contributed by atoms with E-state index in [-0.39, 0.29) is 9.79 Å².